The smallest absolute Gasteiger partial charge is 0.268 e. The molecule has 0 spiro atoms. The minimum absolute atomic E-state index is 0.0184. The molecule has 0 saturated carbocycles. The quantitative estimate of drug-likeness (QED) is 0.717. The van der Waals surface area contributed by atoms with E-state index in [1.54, 1.807) is 14.1 Å². The maximum atomic E-state index is 12.3. The summed E-state index contributed by atoms with van der Waals surface area (Å²) in [7, 11) is 3.38. The van der Waals surface area contributed by atoms with Gasteiger partial charge in [-0.3, -0.25) is 9.59 Å². The molecule has 1 atom stereocenters. The molecular formula is C20H23N3O2. The predicted octanol–water partition coefficient (Wildman–Crippen LogP) is 3.36. The highest BCUT2D eigenvalue weighted by atomic mass is 16.2. The third-order valence-corrected chi connectivity index (χ3v) is 3.63. The fraction of sp³-hybridized carbons (Fsp3) is 0.200. The molecule has 5 heteroatoms. The van der Waals surface area contributed by atoms with Crippen LogP contribution >= 0.6 is 0 Å². The molecule has 1 aromatic heterocycles. The van der Waals surface area contributed by atoms with E-state index >= 15 is 0 Å². The Hall–Kier alpha value is -3.08. The van der Waals surface area contributed by atoms with Crippen molar-refractivity contribution in [2.24, 2.45) is 0 Å². The van der Waals surface area contributed by atoms with Gasteiger partial charge in [-0.05, 0) is 24.6 Å². The molecule has 2 amide bonds. The van der Waals surface area contributed by atoms with Crippen molar-refractivity contribution in [1.82, 2.24) is 15.2 Å². The van der Waals surface area contributed by atoms with Crippen molar-refractivity contribution >= 4 is 23.2 Å². The van der Waals surface area contributed by atoms with Crippen molar-refractivity contribution in [3.05, 3.63) is 71.9 Å². The summed E-state index contributed by atoms with van der Waals surface area (Å²) >= 11 is 0. The zero-order chi connectivity index (χ0) is 18.2. The summed E-state index contributed by atoms with van der Waals surface area (Å²) in [6, 6.07) is 19.7. The summed E-state index contributed by atoms with van der Waals surface area (Å²) in [5.74, 6) is -0.0856. The molecular weight excluding hydrogens is 314 g/mol. The first kappa shape index (κ1) is 18.3. The van der Waals surface area contributed by atoms with E-state index in [4.69, 9.17) is 0 Å². The number of aromatic amines is 1. The van der Waals surface area contributed by atoms with Crippen LogP contribution in [0.5, 0.6) is 0 Å². The second-order valence-electron chi connectivity index (χ2n) is 5.95. The number of rotatable bonds is 4. The Kier molecular flexibility index (Phi) is 6.34. The highest BCUT2D eigenvalue weighted by molar-refractivity contribution is 5.98. The van der Waals surface area contributed by atoms with Crippen LogP contribution in [0.25, 0.3) is 10.9 Å². The van der Waals surface area contributed by atoms with Gasteiger partial charge in [-0.1, -0.05) is 48.5 Å². The average molecular weight is 337 g/mol. The molecule has 0 aliphatic carbocycles. The van der Waals surface area contributed by atoms with Crippen LogP contribution in [-0.4, -0.2) is 36.3 Å². The van der Waals surface area contributed by atoms with Gasteiger partial charge in [0.1, 0.15) is 5.69 Å². The molecule has 0 saturated heterocycles. The molecule has 2 aromatic carbocycles. The Morgan fingerprint density at radius 1 is 1.08 bits per heavy atom. The highest BCUT2D eigenvalue weighted by Gasteiger charge is 2.13. The summed E-state index contributed by atoms with van der Waals surface area (Å²) < 4.78 is 0. The van der Waals surface area contributed by atoms with Crippen molar-refractivity contribution in [3.8, 4) is 0 Å². The summed E-state index contributed by atoms with van der Waals surface area (Å²) in [6.07, 6.45) is 0.750. The van der Waals surface area contributed by atoms with Crippen LogP contribution in [0.4, 0.5) is 0 Å². The number of H-pyrrole nitrogens is 1. The fourth-order valence-electron chi connectivity index (χ4n) is 2.30. The molecule has 3 rings (SSSR count). The standard InChI is InChI=1S/C17H16N2O.C3H7NO/c1-12(13-7-3-2-4-8-13)18-17(20)16-11-14-9-5-6-10-15(14)19-16;1-4(2)3-5/h2-12,19H,1H3,(H,18,20);3H,1-2H3/t12-;/m1./s1. The summed E-state index contributed by atoms with van der Waals surface area (Å²) in [4.78, 5) is 26.3. The van der Waals surface area contributed by atoms with Gasteiger partial charge in [0.05, 0.1) is 6.04 Å². The van der Waals surface area contributed by atoms with E-state index < -0.39 is 0 Å². The average Bonchev–Trinajstić information content (AvgIpc) is 3.07. The lowest BCUT2D eigenvalue weighted by molar-refractivity contribution is -0.115. The van der Waals surface area contributed by atoms with Gasteiger partial charge in [-0.2, -0.15) is 0 Å². The molecule has 0 radical (unpaired) electrons. The largest absolute Gasteiger partial charge is 0.351 e. The number of amides is 2. The number of para-hydroxylation sites is 1. The summed E-state index contributed by atoms with van der Waals surface area (Å²) in [5, 5.41) is 4.05. The Labute approximate surface area is 147 Å². The van der Waals surface area contributed by atoms with Gasteiger partial charge in [-0.15, -0.1) is 0 Å². The number of benzene rings is 2. The van der Waals surface area contributed by atoms with Gasteiger partial charge in [-0.25, -0.2) is 0 Å². The molecule has 25 heavy (non-hydrogen) atoms. The molecule has 3 aromatic rings. The first-order valence-electron chi connectivity index (χ1n) is 8.06. The van der Waals surface area contributed by atoms with Crippen LogP contribution < -0.4 is 5.32 Å². The first-order valence-corrected chi connectivity index (χ1v) is 8.06. The van der Waals surface area contributed by atoms with Crippen molar-refractivity contribution in [2.75, 3.05) is 14.1 Å². The van der Waals surface area contributed by atoms with Crippen LogP contribution in [0.15, 0.2) is 60.7 Å². The van der Waals surface area contributed by atoms with E-state index in [9.17, 15) is 9.59 Å². The monoisotopic (exact) mass is 337 g/mol. The van der Waals surface area contributed by atoms with Gasteiger partial charge < -0.3 is 15.2 Å². The van der Waals surface area contributed by atoms with Gasteiger partial charge in [0, 0.05) is 25.0 Å². The lowest BCUT2D eigenvalue weighted by Gasteiger charge is -2.13. The maximum Gasteiger partial charge on any atom is 0.268 e. The van der Waals surface area contributed by atoms with Crippen molar-refractivity contribution in [3.63, 3.8) is 0 Å². The first-order chi connectivity index (χ1) is 12.0. The Morgan fingerprint density at radius 3 is 2.28 bits per heavy atom. The van der Waals surface area contributed by atoms with E-state index in [1.165, 1.54) is 4.90 Å². The van der Waals surface area contributed by atoms with Crippen LogP contribution in [-0.2, 0) is 4.79 Å². The van der Waals surface area contributed by atoms with E-state index in [-0.39, 0.29) is 11.9 Å². The predicted molar refractivity (Wildman–Crippen MR) is 100 cm³/mol. The zero-order valence-electron chi connectivity index (χ0n) is 14.7. The second kappa shape index (κ2) is 8.68. The highest BCUT2D eigenvalue weighted by Crippen LogP contribution is 2.16. The number of aromatic nitrogens is 1. The lowest BCUT2D eigenvalue weighted by Crippen LogP contribution is -2.26. The summed E-state index contributed by atoms with van der Waals surface area (Å²) in [6.45, 7) is 1.98. The minimum Gasteiger partial charge on any atom is -0.351 e. The van der Waals surface area contributed by atoms with Gasteiger partial charge in [0.15, 0.2) is 0 Å². The molecule has 0 unspecified atom stereocenters. The number of hydrogen-bond acceptors (Lipinski definition) is 2. The number of nitrogens with one attached hydrogen (secondary N) is 2. The zero-order valence-corrected chi connectivity index (χ0v) is 14.7. The number of carbonyl (C=O) groups excluding carboxylic acids is 2. The van der Waals surface area contributed by atoms with Crippen molar-refractivity contribution < 1.29 is 9.59 Å². The molecule has 0 aliphatic rings. The fourth-order valence-corrected chi connectivity index (χ4v) is 2.30. The van der Waals surface area contributed by atoms with Crippen molar-refractivity contribution in [2.45, 2.75) is 13.0 Å². The lowest BCUT2D eigenvalue weighted by atomic mass is 10.1. The Balaban J connectivity index is 0.000000399. The van der Waals surface area contributed by atoms with E-state index in [1.807, 2.05) is 67.6 Å². The normalized spacial score (nSPS) is 11.2. The topological polar surface area (TPSA) is 65.2 Å². The molecule has 0 bridgehead atoms. The molecule has 1 heterocycles. The van der Waals surface area contributed by atoms with Gasteiger partial charge in [0.25, 0.3) is 5.91 Å². The van der Waals surface area contributed by atoms with Crippen LogP contribution in [0.3, 0.4) is 0 Å². The van der Waals surface area contributed by atoms with Gasteiger partial charge >= 0.3 is 0 Å². The van der Waals surface area contributed by atoms with Crippen LogP contribution in [0.2, 0.25) is 0 Å². The number of fused-ring (bicyclic) bond motifs is 1. The Morgan fingerprint density at radius 2 is 1.68 bits per heavy atom. The van der Waals surface area contributed by atoms with Crippen molar-refractivity contribution in [1.29, 1.82) is 0 Å². The van der Waals surface area contributed by atoms with E-state index in [0.29, 0.717) is 5.69 Å². The SMILES string of the molecule is CN(C)C=O.C[C@@H](NC(=O)c1cc2ccccc2[nH]1)c1ccccc1. The third kappa shape index (κ3) is 5.21. The Bertz CT molecular complexity index is 792. The molecule has 2 N–H and O–H groups in total. The van der Waals surface area contributed by atoms with E-state index in [2.05, 4.69) is 10.3 Å². The van der Waals surface area contributed by atoms with Gasteiger partial charge in [0.2, 0.25) is 6.41 Å². The van der Waals surface area contributed by atoms with Crippen LogP contribution in [0, 0.1) is 0 Å². The maximum absolute atomic E-state index is 12.3. The number of hydrogen-bond donors (Lipinski definition) is 2. The third-order valence-electron chi connectivity index (χ3n) is 3.63. The summed E-state index contributed by atoms with van der Waals surface area (Å²) in [5.41, 5.74) is 2.66. The van der Waals surface area contributed by atoms with Crippen LogP contribution in [0.1, 0.15) is 29.0 Å². The molecule has 0 aliphatic heterocycles. The molecule has 5 nitrogen and oxygen atoms in total. The minimum atomic E-state index is -0.0856. The van der Waals surface area contributed by atoms with E-state index in [0.717, 1.165) is 22.9 Å². The second-order valence-corrected chi connectivity index (χ2v) is 5.95. The molecule has 130 valence electrons. The number of nitrogens with zero attached hydrogens (tertiary/aromatic N) is 1. The molecule has 0 fully saturated rings. The number of carbonyl (C=O) groups is 2.